The van der Waals surface area contributed by atoms with Gasteiger partial charge in [-0.1, -0.05) is 0 Å². The largest absolute Gasteiger partial charge is 0.357 e. The van der Waals surface area contributed by atoms with E-state index >= 15 is 0 Å². The summed E-state index contributed by atoms with van der Waals surface area (Å²) < 4.78 is 0. The molecule has 0 unspecified atom stereocenters. The molecule has 0 spiro atoms. The van der Waals surface area contributed by atoms with Crippen LogP contribution in [0.4, 0.5) is 17.8 Å². The van der Waals surface area contributed by atoms with E-state index in [1.165, 1.54) is 0 Å². The zero-order valence-corrected chi connectivity index (χ0v) is 13.2. The lowest BCUT2D eigenvalue weighted by molar-refractivity contribution is 0.828. The minimum atomic E-state index is 0.556. The van der Waals surface area contributed by atoms with Crippen LogP contribution in [0, 0.1) is 6.92 Å². The highest BCUT2D eigenvalue weighted by Crippen LogP contribution is 2.17. The number of thiazole rings is 1. The third kappa shape index (κ3) is 3.32. The maximum absolute atomic E-state index is 4.46. The second-order valence-corrected chi connectivity index (χ2v) is 5.68. The van der Waals surface area contributed by atoms with Gasteiger partial charge in [-0.25, -0.2) is 4.98 Å². The Labute approximate surface area is 122 Å². The molecule has 0 radical (unpaired) electrons. The molecule has 2 aromatic rings. The minimum Gasteiger partial charge on any atom is -0.357 e. The second kappa shape index (κ2) is 6.00. The van der Waals surface area contributed by atoms with E-state index in [0.29, 0.717) is 24.4 Å². The Morgan fingerprint density at radius 3 is 2.35 bits per heavy atom. The summed E-state index contributed by atoms with van der Waals surface area (Å²) in [6.45, 7) is 2.67. The number of rotatable bonds is 5. The van der Waals surface area contributed by atoms with Crippen molar-refractivity contribution in [1.82, 2.24) is 19.9 Å². The van der Waals surface area contributed by atoms with E-state index in [9.17, 15) is 0 Å². The summed E-state index contributed by atoms with van der Waals surface area (Å²) in [6, 6.07) is 0. The molecule has 0 amide bonds. The zero-order valence-electron chi connectivity index (χ0n) is 12.4. The van der Waals surface area contributed by atoms with Crippen LogP contribution in [0.2, 0.25) is 0 Å². The van der Waals surface area contributed by atoms with Gasteiger partial charge in [-0.2, -0.15) is 15.0 Å². The first-order chi connectivity index (χ1) is 9.49. The highest BCUT2D eigenvalue weighted by atomic mass is 32.1. The first-order valence-corrected chi connectivity index (χ1v) is 7.11. The molecule has 0 atom stereocenters. The number of nitrogens with one attached hydrogen (secondary N) is 1. The Bertz CT molecular complexity index is 581. The molecule has 0 saturated heterocycles. The molecule has 0 aliphatic heterocycles. The van der Waals surface area contributed by atoms with Crippen LogP contribution in [0.5, 0.6) is 0 Å². The maximum atomic E-state index is 4.46. The van der Waals surface area contributed by atoms with Gasteiger partial charge in [0.25, 0.3) is 0 Å². The first kappa shape index (κ1) is 14.4. The van der Waals surface area contributed by atoms with Crippen molar-refractivity contribution in [2.75, 3.05) is 43.3 Å². The molecule has 0 fully saturated rings. The summed E-state index contributed by atoms with van der Waals surface area (Å²) in [5.41, 5.74) is 1.02. The third-order valence-corrected chi connectivity index (χ3v) is 3.46. The Morgan fingerprint density at radius 2 is 1.80 bits per heavy atom. The molecule has 1 N–H and O–H groups in total. The number of anilines is 3. The van der Waals surface area contributed by atoms with E-state index in [1.807, 2.05) is 37.9 Å². The monoisotopic (exact) mass is 293 g/mol. The molecule has 108 valence electrons. The van der Waals surface area contributed by atoms with Crippen molar-refractivity contribution in [1.29, 1.82) is 0 Å². The van der Waals surface area contributed by atoms with E-state index in [2.05, 4.69) is 30.6 Å². The Hall–Kier alpha value is -1.96. The van der Waals surface area contributed by atoms with E-state index in [-0.39, 0.29) is 0 Å². The molecule has 2 heterocycles. The number of aryl methyl sites for hydroxylation is 1. The predicted octanol–water partition coefficient (Wildman–Crippen LogP) is 1.38. The summed E-state index contributed by atoms with van der Waals surface area (Å²) in [5.74, 6) is 1.80. The number of nitrogens with zero attached hydrogens (tertiary/aromatic N) is 6. The van der Waals surface area contributed by atoms with Crippen LogP contribution in [-0.2, 0) is 6.54 Å². The molecular weight excluding hydrogens is 274 g/mol. The fraction of sp³-hybridized carbons (Fsp3) is 0.500. The molecular formula is C12H19N7S. The summed E-state index contributed by atoms with van der Waals surface area (Å²) in [6.07, 6.45) is 0. The van der Waals surface area contributed by atoms with Crippen molar-refractivity contribution in [3.63, 3.8) is 0 Å². The van der Waals surface area contributed by atoms with Gasteiger partial charge in [0.15, 0.2) is 0 Å². The average Bonchev–Trinajstić information content (AvgIpc) is 2.83. The van der Waals surface area contributed by atoms with Gasteiger partial charge in [-0.3, -0.25) is 0 Å². The van der Waals surface area contributed by atoms with Gasteiger partial charge in [0.1, 0.15) is 0 Å². The molecule has 7 nitrogen and oxygen atoms in total. The molecule has 0 aliphatic carbocycles. The van der Waals surface area contributed by atoms with Crippen molar-refractivity contribution in [3.8, 4) is 0 Å². The second-order valence-electron chi connectivity index (χ2n) is 4.62. The van der Waals surface area contributed by atoms with E-state index in [4.69, 9.17) is 0 Å². The van der Waals surface area contributed by atoms with Crippen molar-refractivity contribution >= 4 is 29.2 Å². The number of hydrogen-bond acceptors (Lipinski definition) is 8. The van der Waals surface area contributed by atoms with Crippen molar-refractivity contribution < 1.29 is 0 Å². The Kier molecular flexibility index (Phi) is 4.33. The summed E-state index contributed by atoms with van der Waals surface area (Å²) in [5, 5.41) is 6.07. The van der Waals surface area contributed by atoms with Crippen LogP contribution in [0.15, 0.2) is 5.38 Å². The van der Waals surface area contributed by atoms with Gasteiger partial charge in [0.2, 0.25) is 17.8 Å². The van der Waals surface area contributed by atoms with Crippen LogP contribution in [-0.4, -0.2) is 48.1 Å². The van der Waals surface area contributed by atoms with Gasteiger partial charge in [-0.15, -0.1) is 11.3 Å². The standard InChI is InChI=1S/C12H19N7S/c1-8-14-9(7-20-8)6-19(5)12-16-10(13-2)15-11(17-12)18(3)4/h7H,6H2,1-5H3,(H,13,15,16,17). The molecule has 0 bridgehead atoms. The van der Waals surface area contributed by atoms with Crippen LogP contribution >= 0.6 is 11.3 Å². The van der Waals surface area contributed by atoms with E-state index < -0.39 is 0 Å². The highest BCUT2D eigenvalue weighted by molar-refractivity contribution is 7.09. The van der Waals surface area contributed by atoms with E-state index in [1.54, 1.807) is 18.4 Å². The number of hydrogen-bond donors (Lipinski definition) is 1. The summed E-state index contributed by atoms with van der Waals surface area (Å²) in [7, 11) is 7.55. The molecule has 8 heteroatoms. The predicted molar refractivity (Wildman–Crippen MR) is 82.7 cm³/mol. The van der Waals surface area contributed by atoms with Crippen LogP contribution in [0.3, 0.4) is 0 Å². The quantitative estimate of drug-likeness (QED) is 0.893. The van der Waals surface area contributed by atoms with Crippen LogP contribution in [0.25, 0.3) is 0 Å². The zero-order chi connectivity index (χ0) is 14.7. The smallest absolute Gasteiger partial charge is 0.232 e. The first-order valence-electron chi connectivity index (χ1n) is 6.23. The van der Waals surface area contributed by atoms with Gasteiger partial charge < -0.3 is 15.1 Å². The topological polar surface area (TPSA) is 70.1 Å². The van der Waals surface area contributed by atoms with Gasteiger partial charge in [0.05, 0.1) is 17.2 Å². The summed E-state index contributed by atoms with van der Waals surface area (Å²) in [4.78, 5) is 21.4. The molecule has 2 rings (SSSR count). The maximum Gasteiger partial charge on any atom is 0.232 e. The lowest BCUT2D eigenvalue weighted by Crippen LogP contribution is -2.22. The van der Waals surface area contributed by atoms with Crippen LogP contribution in [0.1, 0.15) is 10.7 Å². The van der Waals surface area contributed by atoms with E-state index in [0.717, 1.165) is 10.7 Å². The summed E-state index contributed by atoms with van der Waals surface area (Å²) >= 11 is 1.65. The van der Waals surface area contributed by atoms with Crippen molar-refractivity contribution in [2.45, 2.75) is 13.5 Å². The lowest BCUT2D eigenvalue weighted by Gasteiger charge is -2.18. The molecule has 0 aromatic carbocycles. The Morgan fingerprint density at radius 1 is 1.10 bits per heavy atom. The molecule has 20 heavy (non-hydrogen) atoms. The van der Waals surface area contributed by atoms with Crippen LogP contribution < -0.4 is 15.1 Å². The fourth-order valence-corrected chi connectivity index (χ4v) is 2.23. The minimum absolute atomic E-state index is 0.556. The highest BCUT2D eigenvalue weighted by Gasteiger charge is 2.12. The van der Waals surface area contributed by atoms with Gasteiger partial charge in [0, 0.05) is 33.6 Å². The normalized spacial score (nSPS) is 10.4. The Balaban J connectivity index is 2.24. The van der Waals surface area contributed by atoms with Crippen molar-refractivity contribution in [2.24, 2.45) is 0 Å². The average molecular weight is 293 g/mol. The number of aromatic nitrogens is 4. The molecule has 2 aromatic heterocycles. The molecule has 0 saturated carbocycles. The van der Waals surface area contributed by atoms with Gasteiger partial charge >= 0.3 is 0 Å². The fourth-order valence-electron chi connectivity index (χ4n) is 1.63. The third-order valence-electron chi connectivity index (χ3n) is 2.64. The van der Waals surface area contributed by atoms with Crippen molar-refractivity contribution in [3.05, 3.63) is 16.1 Å². The SMILES string of the molecule is CNc1nc(N(C)C)nc(N(C)Cc2csc(C)n2)n1. The molecule has 0 aliphatic rings. The van der Waals surface area contributed by atoms with Gasteiger partial charge in [-0.05, 0) is 6.92 Å². The lowest BCUT2D eigenvalue weighted by atomic mass is 10.4.